The number of carbonyl (C=O) groups excluding carboxylic acids is 1. The van der Waals surface area contributed by atoms with Crippen LogP contribution in [0.2, 0.25) is 0 Å². The molecule has 25 heavy (non-hydrogen) atoms. The highest BCUT2D eigenvalue weighted by molar-refractivity contribution is 5.83. The minimum Gasteiger partial charge on any atom is -0.351 e. The van der Waals surface area contributed by atoms with Gasteiger partial charge in [0.05, 0.1) is 11.6 Å². The maximum absolute atomic E-state index is 12.6. The molecule has 128 valence electrons. The highest BCUT2D eigenvalue weighted by atomic mass is 16.1. The van der Waals surface area contributed by atoms with Crippen LogP contribution in [0.4, 0.5) is 0 Å². The summed E-state index contributed by atoms with van der Waals surface area (Å²) in [4.78, 5) is 16.9. The number of hydrogen-bond acceptors (Lipinski definition) is 3. The second-order valence-electron chi connectivity index (χ2n) is 6.01. The van der Waals surface area contributed by atoms with E-state index in [9.17, 15) is 4.79 Å². The van der Waals surface area contributed by atoms with E-state index in [0.29, 0.717) is 6.54 Å². The van der Waals surface area contributed by atoms with Crippen LogP contribution in [0.3, 0.4) is 0 Å². The summed E-state index contributed by atoms with van der Waals surface area (Å²) in [5.74, 6) is -0.0888. The van der Waals surface area contributed by atoms with E-state index >= 15 is 0 Å². The van der Waals surface area contributed by atoms with Crippen molar-refractivity contribution in [2.24, 2.45) is 7.05 Å². The smallest absolute Gasteiger partial charge is 0.227 e. The van der Waals surface area contributed by atoms with Gasteiger partial charge in [0.2, 0.25) is 5.91 Å². The SMILES string of the molecule is CC[C@@H](C(=O)NCc1cncc(-c2ccnn2C)c1)c1ccccc1. The molecular weight excluding hydrogens is 312 g/mol. The number of hydrogen-bond donors (Lipinski definition) is 1. The quantitative estimate of drug-likeness (QED) is 0.752. The lowest BCUT2D eigenvalue weighted by Crippen LogP contribution is -2.28. The van der Waals surface area contributed by atoms with E-state index in [2.05, 4.69) is 15.4 Å². The number of rotatable bonds is 6. The molecule has 1 N–H and O–H groups in total. The molecular formula is C20H22N4O. The molecule has 0 aliphatic carbocycles. The van der Waals surface area contributed by atoms with E-state index < -0.39 is 0 Å². The van der Waals surface area contributed by atoms with Gasteiger partial charge in [-0.3, -0.25) is 14.5 Å². The molecule has 5 heteroatoms. The molecule has 0 fully saturated rings. The molecule has 0 unspecified atom stereocenters. The van der Waals surface area contributed by atoms with Crippen molar-refractivity contribution < 1.29 is 4.79 Å². The third-order valence-corrected chi connectivity index (χ3v) is 4.30. The fraction of sp³-hybridized carbons (Fsp3) is 0.250. The molecule has 1 amide bonds. The molecule has 0 saturated carbocycles. The van der Waals surface area contributed by atoms with E-state index in [-0.39, 0.29) is 11.8 Å². The molecule has 0 aliphatic heterocycles. The molecule has 2 aromatic heterocycles. The Bertz CT molecular complexity index is 842. The number of nitrogens with zero attached hydrogens (tertiary/aromatic N) is 3. The average Bonchev–Trinajstić information content (AvgIpc) is 3.08. The summed E-state index contributed by atoms with van der Waals surface area (Å²) in [6.45, 7) is 2.49. The van der Waals surface area contributed by atoms with Gasteiger partial charge in [-0.05, 0) is 29.7 Å². The first-order valence-electron chi connectivity index (χ1n) is 8.44. The van der Waals surface area contributed by atoms with Crippen molar-refractivity contribution in [2.45, 2.75) is 25.8 Å². The Balaban J connectivity index is 1.69. The molecule has 3 rings (SSSR count). The number of amides is 1. The van der Waals surface area contributed by atoms with E-state index in [1.807, 2.05) is 61.1 Å². The Morgan fingerprint density at radius 3 is 2.68 bits per heavy atom. The maximum Gasteiger partial charge on any atom is 0.227 e. The number of aryl methyl sites for hydroxylation is 1. The molecule has 0 spiro atoms. The van der Waals surface area contributed by atoms with Gasteiger partial charge in [0.1, 0.15) is 0 Å². The minimum absolute atomic E-state index is 0.0413. The van der Waals surface area contributed by atoms with Crippen molar-refractivity contribution in [3.8, 4) is 11.3 Å². The summed E-state index contributed by atoms with van der Waals surface area (Å²) >= 11 is 0. The number of aromatic nitrogens is 3. The summed E-state index contributed by atoms with van der Waals surface area (Å²) in [5, 5.41) is 7.22. The Hall–Kier alpha value is -2.95. The van der Waals surface area contributed by atoms with Crippen LogP contribution in [0.15, 0.2) is 61.1 Å². The van der Waals surface area contributed by atoms with Crippen molar-refractivity contribution in [1.29, 1.82) is 0 Å². The first-order valence-corrected chi connectivity index (χ1v) is 8.44. The average molecular weight is 334 g/mol. The summed E-state index contributed by atoms with van der Waals surface area (Å²) in [6, 6.07) is 13.9. The van der Waals surface area contributed by atoms with Crippen molar-refractivity contribution in [3.05, 3.63) is 72.2 Å². The minimum atomic E-state index is -0.130. The van der Waals surface area contributed by atoms with Gasteiger partial charge in [-0.2, -0.15) is 5.10 Å². The standard InChI is InChI=1S/C20H22N4O/c1-3-18(16-7-5-4-6-8-16)20(25)22-13-15-11-17(14-21-12-15)19-9-10-23-24(19)2/h4-12,14,18H,3,13H2,1-2H3,(H,22,25)/t18-/m1/s1. The van der Waals surface area contributed by atoms with Crippen LogP contribution in [0, 0.1) is 0 Å². The molecule has 0 saturated heterocycles. The van der Waals surface area contributed by atoms with Crippen LogP contribution in [0.1, 0.15) is 30.4 Å². The number of carbonyl (C=O) groups is 1. The van der Waals surface area contributed by atoms with Gasteiger partial charge in [0.25, 0.3) is 0 Å². The van der Waals surface area contributed by atoms with Gasteiger partial charge < -0.3 is 5.32 Å². The van der Waals surface area contributed by atoms with Gasteiger partial charge in [0.15, 0.2) is 0 Å². The summed E-state index contributed by atoms with van der Waals surface area (Å²) in [5.41, 5.74) is 4.00. The van der Waals surface area contributed by atoms with Gasteiger partial charge in [-0.25, -0.2) is 0 Å². The molecule has 1 aromatic carbocycles. The van der Waals surface area contributed by atoms with Crippen molar-refractivity contribution >= 4 is 5.91 Å². The van der Waals surface area contributed by atoms with Crippen LogP contribution in [-0.4, -0.2) is 20.7 Å². The first kappa shape index (κ1) is 16.9. The van der Waals surface area contributed by atoms with Crippen LogP contribution in [0.5, 0.6) is 0 Å². The zero-order valence-electron chi connectivity index (χ0n) is 14.5. The lowest BCUT2D eigenvalue weighted by molar-refractivity contribution is -0.122. The first-order chi connectivity index (χ1) is 12.2. The highest BCUT2D eigenvalue weighted by Gasteiger charge is 2.18. The van der Waals surface area contributed by atoms with Crippen molar-refractivity contribution in [3.63, 3.8) is 0 Å². The highest BCUT2D eigenvalue weighted by Crippen LogP contribution is 2.20. The Morgan fingerprint density at radius 1 is 1.20 bits per heavy atom. The van der Waals surface area contributed by atoms with Crippen LogP contribution >= 0.6 is 0 Å². The summed E-state index contributed by atoms with van der Waals surface area (Å²) in [7, 11) is 1.90. The molecule has 0 bridgehead atoms. The predicted molar refractivity (Wildman–Crippen MR) is 97.8 cm³/mol. The van der Waals surface area contributed by atoms with Crippen molar-refractivity contribution in [2.75, 3.05) is 0 Å². The molecule has 3 aromatic rings. The summed E-state index contributed by atoms with van der Waals surface area (Å²) < 4.78 is 1.81. The number of benzene rings is 1. The van der Waals surface area contributed by atoms with Crippen LogP contribution < -0.4 is 5.32 Å². The second kappa shape index (κ2) is 7.75. The molecule has 5 nitrogen and oxygen atoms in total. The summed E-state index contributed by atoms with van der Waals surface area (Å²) in [6.07, 6.45) is 6.11. The van der Waals surface area contributed by atoms with E-state index in [1.54, 1.807) is 18.6 Å². The predicted octanol–water partition coefficient (Wildman–Crippen LogP) is 3.29. The third kappa shape index (κ3) is 3.94. The fourth-order valence-electron chi connectivity index (χ4n) is 2.95. The lowest BCUT2D eigenvalue weighted by Gasteiger charge is -2.15. The van der Waals surface area contributed by atoms with Gasteiger partial charge >= 0.3 is 0 Å². The maximum atomic E-state index is 12.6. The van der Waals surface area contributed by atoms with Crippen LogP contribution in [0.25, 0.3) is 11.3 Å². The monoisotopic (exact) mass is 334 g/mol. The normalized spacial score (nSPS) is 11.9. The zero-order chi connectivity index (χ0) is 17.6. The molecule has 0 radical (unpaired) electrons. The van der Waals surface area contributed by atoms with E-state index in [4.69, 9.17) is 0 Å². The van der Waals surface area contributed by atoms with Crippen LogP contribution in [-0.2, 0) is 18.4 Å². The van der Waals surface area contributed by atoms with Gasteiger partial charge in [0, 0.05) is 37.7 Å². The largest absolute Gasteiger partial charge is 0.351 e. The number of pyridine rings is 1. The topological polar surface area (TPSA) is 59.8 Å². The second-order valence-corrected chi connectivity index (χ2v) is 6.01. The Labute approximate surface area is 147 Å². The third-order valence-electron chi connectivity index (χ3n) is 4.30. The van der Waals surface area contributed by atoms with E-state index in [1.165, 1.54) is 0 Å². The molecule has 1 atom stereocenters. The van der Waals surface area contributed by atoms with Crippen molar-refractivity contribution in [1.82, 2.24) is 20.1 Å². The molecule has 2 heterocycles. The van der Waals surface area contributed by atoms with E-state index in [0.717, 1.165) is 28.8 Å². The molecule has 0 aliphatic rings. The lowest BCUT2D eigenvalue weighted by atomic mass is 9.95. The number of nitrogens with one attached hydrogen (secondary N) is 1. The van der Waals surface area contributed by atoms with Gasteiger partial charge in [-0.15, -0.1) is 0 Å². The Kier molecular flexibility index (Phi) is 5.23. The fourth-order valence-corrected chi connectivity index (χ4v) is 2.95. The van der Waals surface area contributed by atoms with Gasteiger partial charge in [-0.1, -0.05) is 37.3 Å². The zero-order valence-corrected chi connectivity index (χ0v) is 14.5. The Morgan fingerprint density at radius 2 is 2.00 bits per heavy atom.